The molecule has 0 aromatic rings. The fourth-order valence-electron chi connectivity index (χ4n) is 3.21. The van der Waals surface area contributed by atoms with Crippen LogP contribution in [0.5, 0.6) is 0 Å². The van der Waals surface area contributed by atoms with Crippen LogP contribution in [0.2, 0.25) is 0 Å². The highest BCUT2D eigenvalue weighted by Crippen LogP contribution is 2.42. The molecule has 0 aliphatic carbocycles. The summed E-state index contributed by atoms with van der Waals surface area (Å²) in [4.78, 5) is 33.1. The quantitative estimate of drug-likeness (QED) is 0.0544. The van der Waals surface area contributed by atoms with Crippen LogP contribution in [-0.2, 0) is 27.9 Å². The smallest absolute Gasteiger partial charge is 0.463 e. The molecular weight excluding hydrogens is 509 g/mol. The number of nitrogens with one attached hydrogen (secondary N) is 1. The summed E-state index contributed by atoms with van der Waals surface area (Å²) in [6.07, 6.45) is 22.9. The highest BCUT2D eigenvalue weighted by Gasteiger charge is 2.23. The van der Waals surface area contributed by atoms with E-state index in [1.807, 2.05) is 0 Å². The molecule has 0 heterocycles. The van der Waals surface area contributed by atoms with E-state index in [1.165, 1.54) is 0 Å². The zero-order valence-electron chi connectivity index (χ0n) is 23.4. The van der Waals surface area contributed by atoms with Crippen molar-refractivity contribution in [2.75, 3.05) is 26.4 Å². The van der Waals surface area contributed by atoms with Crippen molar-refractivity contribution in [3.05, 3.63) is 36.5 Å². The highest BCUT2D eigenvalue weighted by atomic mass is 31.2. The maximum atomic E-state index is 11.9. The molecule has 220 valence electrons. The first kappa shape index (κ1) is 36.2. The Morgan fingerprint density at radius 3 is 2.21 bits per heavy atom. The van der Waals surface area contributed by atoms with Crippen molar-refractivity contribution in [1.29, 1.82) is 0 Å². The van der Waals surface area contributed by atoms with Gasteiger partial charge >= 0.3 is 13.8 Å². The second kappa shape index (κ2) is 25.5. The summed E-state index contributed by atoms with van der Waals surface area (Å²) in [6.45, 7) is 3.20. The van der Waals surface area contributed by atoms with Crippen LogP contribution < -0.4 is 5.32 Å². The Hall–Kier alpha value is -1.77. The first-order chi connectivity index (χ1) is 18.3. The fraction of sp³-hybridized carbons (Fsp3) is 0.714. The predicted molar refractivity (Wildman–Crippen MR) is 150 cm³/mol. The number of phosphoric acid groups is 1. The average Bonchev–Trinajstić information content (AvgIpc) is 2.89. The number of carbonyl (C=O) groups is 2. The molecule has 0 fully saturated rings. The standard InChI is InChI=1S/C28H50NO8P/c1-3-5-7-9-10-11-12-13-14-15-16-17-18-20-27(31)29-22-23-36-38(33,34)37-25-26(30)24-35-28(32)21-19-8-6-4-2/h5,7,10-11,13-14,26,30H,3-4,6,8-9,12,15-25H2,1-2H3,(H,29,31)(H,33,34)/b7-5-,11-10-,14-13-. The summed E-state index contributed by atoms with van der Waals surface area (Å²) in [6, 6.07) is 0. The van der Waals surface area contributed by atoms with Gasteiger partial charge in [0.1, 0.15) is 12.7 Å². The Morgan fingerprint density at radius 1 is 0.842 bits per heavy atom. The van der Waals surface area contributed by atoms with Gasteiger partial charge in [-0.25, -0.2) is 4.57 Å². The number of phosphoric ester groups is 1. The number of rotatable bonds is 25. The Balaban J connectivity index is 3.73. The van der Waals surface area contributed by atoms with E-state index in [-0.39, 0.29) is 32.1 Å². The molecule has 38 heavy (non-hydrogen) atoms. The molecule has 0 radical (unpaired) electrons. The zero-order chi connectivity index (χ0) is 28.3. The van der Waals surface area contributed by atoms with E-state index in [9.17, 15) is 24.2 Å². The normalized spacial score (nSPS) is 14.3. The molecule has 0 aliphatic heterocycles. The van der Waals surface area contributed by atoms with E-state index < -0.39 is 26.5 Å². The number of hydrogen-bond donors (Lipinski definition) is 3. The monoisotopic (exact) mass is 559 g/mol. The van der Waals surface area contributed by atoms with Crippen LogP contribution in [0.1, 0.15) is 97.3 Å². The highest BCUT2D eigenvalue weighted by molar-refractivity contribution is 7.47. The molecule has 2 unspecified atom stereocenters. The minimum absolute atomic E-state index is 0.0649. The molecule has 0 spiro atoms. The second-order valence-corrected chi connectivity index (χ2v) is 10.4. The number of ether oxygens (including phenoxy) is 1. The molecule has 0 aliphatic rings. The lowest BCUT2D eigenvalue weighted by Gasteiger charge is -2.15. The van der Waals surface area contributed by atoms with E-state index in [2.05, 4.69) is 55.6 Å². The van der Waals surface area contributed by atoms with E-state index in [4.69, 9.17) is 13.8 Å². The van der Waals surface area contributed by atoms with Gasteiger partial charge in [-0.1, -0.05) is 76.0 Å². The molecule has 0 rings (SSSR count). The van der Waals surface area contributed by atoms with E-state index in [0.29, 0.717) is 6.42 Å². The molecule has 9 nitrogen and oxygen atoms in total. The third kappa shape index (κ3) is 25.9. The maximum Gasteiger partial charge on any atom is 0.472 e. The Morgan fingerprint density at radius 2 is 1.50 bits per heavy atom. The lowest BCUT2D eigenvalue weighted by Crippen LogP contribution is -2.27. The number of aliphatic hydroxyl groups is 1. The zero-order valence-corrected chi connectivity index (χ0v) is 24.2. The molecule has 10 heteroatoms. The van der Waals surface area contributed by atoms with Crippen molar-refractivity contribution in [3.8, 4) is 0 Å². The van der Waals surface area contributed by atoms with Crippen LogP contribution in [0.15, 0.2) is 36.5 Å². The SMILES string of the molecule is CC/C=C\C/C=C\C/C=C\CCCCCC(=O)NCCOP(=O)(O)OCC(O)COC(=O)CCCCCC. The first-order valence-corrected chi connectivity index (χ1v) is 15.5. The second-order valence-electron chi connectivity index (χ2n) is 8.99. The number of carbonyl (C=O) groups excluding carboxylic acids is 2. The average molecular weight is 560 g/mol. The number of hydrogen-bond acceptors (Lipinski definition) is 7. The van der Waals surface area contributed by atoms with Gasteiger partial charge in [0.05, 0.1) is 13.2 Å². The van der Waals surface area contributed by atoms with Gasteiger partial charge in [-0.3, -0.25) is 18.6 Å². The minimum Gasteiger partial charge on any atom is -0.463 e. The molecule has 0 aromatic heterocycles. The topological polar surface area (TPSA) is 131 Å². The van der Waals surface area contributed by atoms with Crippen LogP contribution >= 0.6 is 7.82 Å². The third-order valence-corrected chi connectivity index (χ3v) is 6.32. The van der Waals surface area contributed by atoms with E-state index in [0.717, 1.165) is 70.6 Å². The van der Waals surface area contributed by atoms with Crippen molar-refractivity contribution < 1.29 is 37.9 Å². The van der Waals surface area contributed by atoms with Gasteiger partial charge in [0, 0.05) is 19.4 Å². The molecular formula is C28H50NO8P. The van der Waals surface area contributed by atoms with Gasteiger partial charge in [0.15, 0.2) is 0 Å². The summed E-state index contributed by atoms with van der Waals surface area (Å²) >= 11 is 0. The number of amides is 1. The lowest BCUT2D eigenvalue weighted by molar-refractivity contribution is -0.147. The van der Waals surface area contributed by atoms with Crippen molar-refractivity contribution in [1.82, 2.24) is 5.32 Å². The first-order valence-electron chi connectivity index (χ1n) is 14.0. The largest absolute Gasteiger partial charge is 0.472 e. The molecule has 1 amide bonds. The Labute approximate surface area is 229 Å². The fourth-order valence-corrected chi connectivity index (χ4v) is 3.97. The summed E-state index contributed by atoms with van der Waals surface area (Å²) < 4.78 is 26.3. The van der Waals surface area contributed by atoms with Crippen molar-refractivity contribution in [2.24, 2.45) is 0 Å². The predicted octanol–water partition coefficient (Wildman–Crippen LogP) is 5.92. The van der Waals surface area contributed by atoms with Gasteiger partial charge in [-0.05, 0) is 44.9 Å². The van der Waals surface area contributed by atoms with Gasteiger partial charge in [-0.15, -0.1) is 0 Å². The molecule has 0 saturated heterocycles. The van der Waals surface area contributed by atoms with Crippen LogP contribution in [0.4, 0.5) is 0 Å². The van der Waals surface area contributed by atoms with Crippen molar-refractivity contribution in [2.45, 2.75) is 103 Å². The number of esters is 1. The third-order valence-electron chi connectivity index (χ3n) is 5.33. The number of unbranched alkanes of at least 4 members (excludes halogenated alkanes) is 6. The van der Waals surface area contributed by atoms with Crippen LogP contribution in [0.25, 0.3) is 0 Å². The minimum atomic E-state index is -4.40. The summed E-state index contributed by atoms with van der Waals surface area (Å²) in [5.41, 5.74) is 0. The summed E-state index contributed by atoms with van der Waals surface area (Å²) in [5.74, 6) is -0.571. The molecule has 3 N–H and O–H groups in total. The van der Waals surface area contributed by atoms with Crippen molar-refractivity contribution >= 4 is 19.7 Å². The molecule has 0 bridgehead atoms. The van der Waals surface area contributed by atoms with E-state index >= 15 is 0 Å². The van der Waals surface area contributed by atoms with Crippen LogP contribution in [-0.4, -0.2) is 54.3 Å². The molecule has 0 saturated carbocycles. The Bertz CT molecular complexity index is 738. The van der Waals surface area contributed by atoms with Gasteiger partial charge in [0.2, 0.25) is 5.91 Å². The lowest BCUT2D eigenvalue weighted by atomic mass is 10.1. The number of allylic oxidation sites excluding steroid dienone is 6. The summed E-state index contributed by atoms with van der Waals surface area (Å²) in [5, 5.41) is 12.4. The number of aliphatic hydroxyl groups excluding tert-OH is 1. The van der Waals surface area contributed by atoms with Gasteiger partial charge in [0.25, 0.3) is 0 Å². The summed E-state index contributed by atoms with van der Waals surface area (Å²) in [7, 11) is -4.40. The molecule has 0 aromatic carbocycles. The van der Waals surface area contributed by atoms with Crippen LogP contribution in [0, 0.1) is 0 Å². The van der Waals surface area contributed by atoms with Gasteiger partial charge < -0.3 is 20.1 Å². The van der Waals surface area contributed by atoms with Gasteiger partial charge in [-0.2, -0.15) is 0 Å². The molecule has 2 atom stereocenters. The maximum absolute atomic E-state index is 11.9. The van der Waals surface area contributed by atoms with E-state index in [1.54, 1.807) is 0 Å². The Kier molecular flexibility index (Phi) is 24.3. The van der Waals surface area contributed by atoms with Crippen LogP contribution in [0.3, 0.4) is 0 Å². The van der Waals surface area contributed by atoms with Crippen molar-refractivity contribution in [3.63, 3.8) is 0 Å².